The van der Waals surface area contributed by atoms with Crippen LogP contribution in [0.3, 0.4) is 0 Å². The SMILES string of the molecule is CCc1ccc(S(=O)(=O)N(CC)C[C@H](C)C(=O)O)cc1. The van der Waals surface area contributed by atoms with Gasteiger partial charge in [0.25, 0.3) is 0 Å². The Morgan fingerprint density at radius 1 is 1.25 bits per heavy atom. The molecule has 0 aliphatic rings. The van der Waals surface area contributed by atoms with Gasteiger partial charge < -0.3 is 5.11 Å². The van der Waals surface area contributed by atoms with Gasteiger partial charge in [0, 0.05) is 13.1 Å². The maximum absolute atomic E-state index is 12.5. The molecule has 0 aliphatic carbocycles. The smallest absolute Gasteiger partial charge is 0.307 e. The van der Waals surface area contributed by atoms with Crippen LogP contribution in [0.5, 0.6) is 0 Å². The van der Waals surface area contributed by atoms with E-state index in [1.165, 1.54) is 11.2 Å². The summed E-state index contributed by atoms with van der Waals surface area (Å²) in [6.07, 6.45) is 0.841. The number of rotatable bonds is 7. The molecule has 5 nitrogen and oxygen atoms in total. The molecular formula is C14H21NO4S. The van der Waals surface area contributed by atoms with Crippen molar-refractivity contribution in [1.29, 1.82) is 0 Å². The van der Waals surface area contributed by atoms with Gasteiger partial charge in [0.2, 0.25) is 10.0 Å². The van der Waals surface area contributed by atoms with Gasteiger partial charge in [-0.15, -0.1) is 0 Å². The Hall–Kier alpha value is -1.40. The van der Waals surface area contributed by atoms with Crippen LogP contribution in [0.15, 0.2) is 29.2 Å². The second kappa shape index (κ2) is 6.85. The lowest BCUT2D eigenvalue weighted by molar-refractivity contribution is -0.141. The summed E-state index contributed by atoms with van der Waals surface area (Å²) in [4.78, 5) is 11.1. The van der Waals surface area contributed by atoms with Gasteiger partial charge in [0.05, 0.1) is 10.8 Å². The fraction of sp³-hybridized carbons (Fsp3) is 0.500. The van der Waals surface area contributed by atoms with Crippen molar-refractivity contribution in [3.05, 3.63) is 29.8 Å². The number of hydrogen-bond donors (Lipinski definition) is 1. The van der Waals surface area contributed by atoms with Gasteiger partial charge in [-0.2, -0.15) is 4.31 Å². The summed E-state index contributed by atoms with van der Waals surface area (Å²) in [5, 5.41) is 8.91. The molecule has 0 aliphatic heterocycles. The zero-order chi connectivity index (χ0) is 15.3. The van der Waals surface area contributed by atoms with Crippen LogP contribution in [0.25, 0.3) is 0 Å². The van der Waals surface area contributed by atoms with Crippen molar-refractivity contribution < 1.29 is 18.3 Å². The summed E-state index contributed by atoms with van der Waals surface area (Å²) in [5.74, 6) is -1.74. The molecule has 1 N–H and O–H groups in total. The third-order valence-electron chi connectivity index (χ3n) is 3.22. The molecule has 1 rings (SSSR count). The first-order valence-corrected chi connectivity index (χ1v) is 8.08. The summed E-state index contributed by atoms with van der Waals surface area (Å²) in [6, 6.07) is 6.70. The number of hydrogen-bond acceptors (Lipinski definition) is 3. The number of nitrogens with zero attached hydrogens (tertiary/aromatic N) is 1. The van der Waals surface area contributed by atoms with Crippen molar-refractivity contribution >= 4 is 16.0 Å². The Balaban J connectivity index is 3.01. The van der Waals surface area contributed by atoms with E-state index >= 15 is 0 Å². The molecule has 0 bridgehead atoms. The highest BCUT2D eigenvalue weighted by Gasteiger charge is 2.26. The first-order valence-electron chi connectivity index (χ1n) is 6.64. The summed E-state index contributed by atoms with van der Waals surface area (Å²) in [6.45, 7) is 5.42. The molecule has 0 spiro atoms. The van der Waals surface area contributed by atoms with Crippen LogP contribution < -0.4 is 0 Å². The fourth-order valence-electron chi connectivity index (χ4n) is 1.83. The van der Waals surface area contributed by atoms with Crippen LogP contribution in [0, 0.1) is 5.92 Å². The number of benzene rings is 1. The highest BCUT2D eigenvalue weighted by molar-refractivity contribution is 7.89. The van der Waals surface area contributed by atoms with E-state index in [-0.39, 0.29) is 18.0 Å². The second-order valence-electron chi connectivity index (χ2n) is 4.69. The molecule has 0 fully saturated rings. The number of sulfonamides is 1. The average molecular weight is 299 g/mol. The lowest BCUT2D eigenvalue weighted by Gasteiger charge is -2.22. The Labute approximate surface area is 120 Å². The first kappa shape index (κ1) is 16.7. The second-order valence-corrected chi connectivity index (χ2v) is 6.63. The molecule has 0 heterocycles. The Morgan fingerprint density at radius 3 is 2.20 bits per heavy atom. The Kier molecular flexibility index (Phi) is 5.71. The third kappa shape index (κ3) is 3.80. The van der Waals surface area contributed by atoms with Gasteiger partial charge in [0.15, 0.2) is 0 Å². The standard InChI is InChI=1S/C14H21NO4S/c1-4-12-6-8-13(9-7-12)20(18,19)15(5-2)10-11(3)14(16)17/h6-9,11H,4-5,10H2,1-3H3,(H,16,17)/t11-/m0/s1. The summed E-state index contributed by atoms with van der Waals surface area (Å²) >= 11 is 0. The van der Waals surface area contributed by atoms with E-state index in [0.717, 1.165) is 12.0 Å². The fourth-order valence-corrected chi connectivity index (χ4v) is 3.36. The number of carboxylic acid groups (broad SMARTS) is 1. The van der Waals surface area contributed by atoms with Crippen molar-refractivity contribution in [2.24, 2.45) is 5.92 Å². The van der Waals surface area contributed by atoms with Crippen LogP contribution in [0.2, 0.25) is 0 Å². The molecule has 112 valence electrons. The zero-order valence-electron chi connectivity index (χ0n) is 12.0. The lowest BCUT2D eigenvalue weighted by atomic mass is 10.2. The first-order chi connectivity index (χ1) is 9.32. The van der Waals surface area contributed by atoms with Crippen molar-refractivity contribution in [2.75, 3.05) is 13.1 Å². The maximum Gasteiger partial charge on any atom is 0.307 e. The Bertz CT molecular complexity index is 551. The van der Waals surface area contributed by atoms with Gasteiger partial charge in [0.1, 0.15) is 0 Å². The molecule has 1 aromatic rings. The van der Waals surface area contributed by atoms with E-state index in [4.69, 9.17) is 5.11 Å². The van der Waals surface area contributed by atoms with Gasteiger partial charge in [-0.1, -0.05) is 32.9 Å². The molecule has 0 saturated carbocycles. The average Bonchev–Trinajstić information content (AvgIpc) is 2.44. The molecule has 0 unspecified atom stereocenters. The minimum atomic E-state index is -3.63. The minimum Gasteiger partial charge on any atom is -0.481 e. The van der Waals surface area contributed by atoms with Crippen LogP contribution in [0.4, 0.5) is 0 Å². The minimum absolute atomic E-state index is 0.0241. The molecule has 1 atom stereocenters. The van der Waals surface area contributed by atoms with Gasteiger partial charge in [-0.3, -0.25) is 4.79 Å². The summed E-state index contributed by atoms with van der Waals surface area (Å²) in [7, 11) is -3.63. The normalized spacial score (nSPS) is 13.4. The molecule has 0 amide bonds. The highest BCUT2D eigenvalue weighted by Crippen LogP contribution is 2.18. The lowest BCUT2D eigenvalue weighted by Crippen LogP contribution is -2.36. The molecule has 0 aromatic heterocycles. The molecule has 0 radical (unpaired) electrons. The maximum atomic E-state index is 12.5. The largest absolute Gasteiger partial charge is 0.481 e. The van der Waals surface area contributed by atoms with Crippen molar-refractivity contribution in [1.82, 2.24) is 4.31 Å². The van der Waals surface area contributed by atoms with Crippen molar-refractivity contribution in [2.45, 2.75) is 32.1 Å². The summed E-state index contributed by atoms with van der Waals surface area (Å²) < 4.78 is 26.1. The Morgan fingerprint density at radius 2 is 1.80 bits per heavy atom. The monoisotopic (exact) mass is 299 g/mol. The summed E-state index contributed by atoms with van der Waals surface area (Å²) in [5.41, 5.74) is 1.06. The zero-order valence-corrected chi connectivity index (χ0v) is 12.9. The topological polar surface area (TPSA) is 74.7 Å². The van der Waals surface area contributed by atoms with Crippen LogP contribution in [-0.4, -0.2) is 36.9 Å². The van der Waals surface area contributed by atoms with Crippen molar-refractivity contribution in [3.63, 3.8) is 0 Å². The van der Waals surface area contributed by atoms with Crippen molar-refractivity contribution in [3.8, 4) is 0 Å². The predicted molar refractivity (Wildman–Crippen MR) is 77.1 cm³/mol. The quantitative estimate of drug-likeness (QED) is 0.835. The molecule has 0 saturated heterocycles. The number of carbonyl (C=O) groups is 1. The van der Waals surface area contributed by atoms with Crippen LogP contribution >= 0.6 is 0 Å². The van der Waals surface area contributed by atoms with Gasteiger partial charge >= 0.3 is 5.97 Å². The molecule has 20 heavy (non-hydrogen) atoms. The van der Waals surface area contributed by atoms with E-state index in [1.807, 2.05) is 6.92 Å². The van der Waals surface area contributed by atoms with E-state index in [1.54, 1.807) is 31.2 Å². The predicted octanol–water partition coefficient (Wildman–Crippen LogP) is 1.98. The molecule has 6 heteroatoms. The van der Waals surface area contributed by atoms with Crippen LogP contribution in [0.1, 0.15) is 26.3 Å². The van der Waals surface area contributed by atoms with Gasteiger partial charge in [-0.05, 0) is 24.1 Å². The van der Waals surface area contributed by atoms with E-state index < -0.39 is 21.9 Å². The van der Waals surface area contributed by atoms with Gasteiger partial charge in [-0.25, -0.2) is 8.42 Å². The van der Waals surface area contributed by atoms with E-state index in [9.17, 15) is 13.2 Å². The number of aliphatic carboxylic acids is 1. The number of carboxylic acids is 1. The molecule has 1 aromatic carbocycles. The van der Waals surface area contributed by atoms with Crippen LogP contribution in [-0.2, 0) is 21.2 Å². The third-order valence-corrected chi connectivity index (χ3v) is 5.18. The van der Waals surface area contributed by atoms with E-state index in [0.29, 0.717) is 0 Å². The van der Waals surface area contributed by atoms with E-state index in [2.05, 4.69) is 0 Å². The highest BCUT2D eigenvalue weighted by atomic mass is 32.2. The number of aryl methyl sites for hydroxylation is 1. The molecular weight excluding hydrogens is 278 g/mol.